The first-order chi connectivity index (χ1) is 24.3. The van der Waals surface area contributed by atoms with E-state index in [4.69, 9.17) is 5.73 Å². The zero-order valence-corrected chi connectivity index (χ0v) is 32.1. The maximum Gasteiger partial charge on any atom is 0.254 e. The van der Waals surface area contributed by atoms with Crippen molar-refractivity contribution in [3.63, 3.8) is 0 Å². The highest BCUT2D eigenvalue weighted by Gasteiger charge is 2.50. The van der Waals surface area contributed by atoms with Crippen LogP contribution in [0.4, 0.5) is 0 Å². The maximum atomic E-state index is 14.2. The van der Waals surface area contributed by atoms with Crippen molar-refractivity contribution in [3.8, 4) is 0 Å². The standard InChI is InChI=1S/C38H54N6O7S/c1-9-22(2)27(32(39)47)42-35(50)31-38(7,8)52-21-44(31)36(51)29(46)26(20-24-16-12-10-13-17-24)41-34(49)30(37(4,5)6)43-33(48)28(40-23(3)45)25-18-14-11-15-19-25/h10-19,22,26-31,46H,9,20-21H2,1-8H3,(H2,39,47)(H,40,45)(H,41,49)(H,42,50)(H,43,48)/t22-,26-,27-,28-,29-,30+,31-/m0/s1. The highest BCUT2D eigenvalue weighted by atomic mass is 32.2. The van der Waals surface area contributed by atoms with Crippen molar-refractivity contribution in [1.82, 2.24) is 26.2 Å². The van der Waals surface area contributed by atoms with E-state index in [1.54, 1.807) is 96.1 Å². The molecule has 0 radical (unpaired) electrons. The summed E-state index contributed by atoms with van der Waals surface area (Å²) in [6.07, 6.45) is -1.18. The van der Waals surface area contributed by atoms with Gasteiger partial charge in [0.05, 0.1) is 11.9 Å². The molecule has 2 aromatic carbocycles. The number of primary amides is 1. The Labute approximate surface area is 310 Å². The summed E-state index contributed by atoms with van der Waals surface area (Å²) in [6, 6.07) is 12.1. The molecule has 7 atom stereocenters. The lowest BCUT2D eigenvalue weighted by molar-refractivity contribution is -0.148. The summed E-state index contributed by atoms with van der Waals surface area (Å²) < 4.78 is -0.792. The normalized spacial score (nSPS) is 18.9. The molecular weight excluding hydrogens is 685 g/mol. The molecule has 6 amide bonds. The van der Waals surface area contributed by atoms with Crippen LogP contribution in [-0.4, -0.2) is 86.3 Å². The number of nitrogens with zero attached hydrogens (tertiary/aromatic N) is 1. The number of benzene rings is 2. The molecule has 7 N–H and O–H groups in total. The fourth-order valence-electron chi connectivity index (χ4n) is 6.14. The van der Waals surface area contributed by atoms with Crippen LogP contribution < -0.4 is 27.0 Å². The van der Waals surface area contributed by atoms with Crippen LogP contribution in [0.5, 0.6) is 0 Å². The number of aliphatic hydroxyl groups is 1. The van der Waals surface area contributed by atoms with E-state index in [1.807, 2.05) is 13.0 Å². The first kappa shape index (κ1) is 42.0. The summed E-state index contributed by atoms with van der Waals surface area (Å²) in [5, 5.41) is 22.8. The second-order valence-electron chi connectivity index (χ2n) is 15.0. The van der Waals surface area contributed by atoms with Gasteiger partial charge in [0.2, 0.25) is 29.5 Å². The Hall–Kier alpha value is -4.43. The Balaban J connectivity index is 1.94. The fourth-order valence-corrected chi connectivity index (χ4v) is 7.28. The molecule has 13 nitrogen and oxygen atoms in total. The molecule has 52 heavy (non-hydrogen) atoms. The summed E-state index contributed by atoms with van der Waals surface area (Å²) in [5.74, 6) is -3.96. The van der Waals surface area contributed by atoms with Gasteiger partial charge >= 0.3 is 0 Å². The van der Waals surface area contributed by atoms with Gasteiger partial charge in [0.1, 0.15) is 24.2 Å². The average Bonchev–Trinajstić information content (AvgIpc) is 3.41. The molecule has 1 aliphatic rings. The molecule has 0 unspecified atom stereocenters. The van der Waals surface area contributed by atoms with Crippen LogP contribution in [-0.2, 0) is 35.2 Å². The number of carbonyl (C=O) groups excluding carboxylic acids is 6. The predicted octanol–water partition coefficient (Wildman–Crippen LogP) is 2.18. The number of rotatable bonds is 15. The van der Waals surface area contributed by atoms with Crippen LogP contribution in [0.15, 0.2) is 60.7 Å². The lowest BCUT2D eigenvalue weighted by Gasteiger charge is -2.36. The van der Waals surface area contributed by atoms with E-state index in [1.165, 1.54) is 23.6 Å². The summed E-state index contributed by atoms with van der Waals surface area (Å²) in [7, 11) is 0. The Kier molecular flexibility index (Phi) is 14.4. The van der Waals surface area contributed by atoms with Gasteiger partial charge in [0, 0.05) is 11.7 Å². The van der Waals surface area contributed by atoms with Crippen LogP contribution in [0.25, 0.3) is 0 Å². The lowest BCUT2D eigenvalue weighted by atomic mass is 9.85. The Bertz CT molecular complexity index is 1580. The first-order valence-electron chi connectivity index (χ1n) is 17.5. The number of thioether (sulfide) groups is 1. The summed E-state index contributed by atoms with van der Waals surface area (Å²) in [4.78, 5) is 81.4. The lowest BCUT2D eigenvalue weighted by Crippen LogP contribution is -2.62. The molecule has 1 saturated heterocycles. The van der Waals surface area contributed by atoms with Crippen LogP contribution in [0.2, 0.25) is 0 Å². The number of hydrogen-bond acceptors (Lipinski definition) is 8. The Morgan fingerprint density at radius 3 is 2.02 bits per heavy atom. The zero-order valence-electron chi connectivity index (χ0n) is 31.3. The van der Waals surface area contributed by atoms with Crippen molar-refractivity contribution in [3.05, 3.63) is 71.8 Å². The molecule has 284 valence electrons. The SMILES string of the molecule is CC[C@H](C)[C@H](NC(=O)[C@@H]1N(C(=O)[C@@H](O)[C@H](Cc2ccccc2)NC(=O)[C@@H](NC(=O)[C@@H](NC(C)=O)c2ccccc2)C(C)(C)C)CSC1(C)C)C(N)=O. The molecule has 1 aliphatic heterocycles. The largest absolute Gasteiger partial charge is 0.381 e. The highest BCUT2D eigenvalue weighted by molar-refractivity contribution is 8.00. The third kappa shape index (κ3) is 10.8. The third-order valence-electron chi connectivity index (χ3n) is 9.31. The van der Waals surface area contributed by atoms with Gasteiger partial charge in [-0.2, -0.15) is 0 Å². The minimum atomic E-state index is -1.80. The van der Waals surface area contributed by atoms with Gasteiger partial charge in [-0.05, 0) is 42.7 Å². The van der Waals surface area contributed by atoms with Gasteiger partial charge in [0.15, 0.2) is 6.10 Å². The molecule has 14 heteroatoms. The molecule has 2 aromatic rings. The fraction of sp³-hybridized carbons (Fsp3) is 0.526. The van der Waals surface area contributed by atoms with Gasteiger partial charge < -0.3 is 37.0 Å². The number of hydrogen-bond donors (Lipinski definition) is 6. The van der Waals surface area contributed by atoms with E-state index in [0.29, 0.717) is 17.5 Å². The van der Waals surface area contributed by atoms with Gasteiger partial charge in [0.25, 0.3) is 5.91 Å². The average molecular weight is 739 g/mol. The molecule has 0 saturated carbocycles. The molecule has 0 aromatic heterocycles. The smallest absolute Gasteiger partial charge is 0.254 e. The van der Waals surface area contributed by atoms with E-state index >= 15 is 0 Å². The van der Waals surface area contributed by atoms with Gasteiger partial charge in [-0.3, -0.25) is 28.8 Å². The zero-order chi connectivity index (χ0) is 39.0. The molecule has 0 aliphatic carbocycles. The van der Waals surface area contributed by atoms with Crippen LogP contribution >= 0.6 is 11.8 Å². The number of nitrogens with two attached hydrogens (primary N) is 1. The van der Waals surface area contributed by atoms with Crippen molar-refractivity contribution >= 4 is 47.2 Å². The molecule has 3 rings (SSSR count). The topological polar surface area (TPSA) is 200 Å². The summed E-state index contributed by atoms with van der Waals surface area (Å²) >= 11 is 1.34. The van der Waals surface area contributed by atoms with E-state index in [0.717, 1.165) is 0 Å². The second-order valence-corrected chi connectivity index (χ2v) is 16.6. The number of carbonyl (C=O) groups is 6. The summed E-state index contributed by atoms with van der Waals surface area (Å²) in [5.41, 5.74) is 6.00. The Morgan fingerprint density at radius 1 is 0.923 bits per heavy atom. The van der Waals surface area contributed by atoms with Crippen LogP contribution in [0.3, 0.4) is 0 Å². The number of nitrogens with one attached hydrogen (secondary N) is 4. The molecular formula is C38H54N6O7S. The summed E-state index contributed by atoms with van der Waals surface area (Å²) in [6.45, 7) is 13.8. The second kappa shape index (κ2) is 17.9. The molecule has 1 heterocycles. The number of aliphatic hydroxyl groups excluding tert-OH is 1. The van der Waals surface area contributed by atoms with Gasteiger partial charge in [-0.25, -0.2) is 0 Å². The minimum Gasteiger partial charge on any atom is -0.381 e. The highest BCUT2D eigenvalue weighted by Crippen LogP contribution is 2.40. The third-order valence-corrected chi connectivity index (χ3v) is 10.7. The maximum absolute atomic E-state index is 14.2. The van der Waals surface area contributed by atoms with Crippen molar-refractivity contribution in [1.29, 1.82) is 0 Å². The van der Waals surface area contributed by atoms with E-state index in [2.05, 4.69) is 21.3 Å². The van der Waals surface area contributed by atoms with E-state index in [9.17, 15) is 33.9 Å². The monoisotopic (exact) mass is 738 g/mol. The van der Waals surface area contributed by atoms with Crippen molar-refractivity contribution in [2.75, 3.05) is 5.88 Å². The first-order valence-corrected chi connectivity index (χ1v) is 18.5. The van der Waals surface area contributed by atoms with Crippen molar-refractivity contribution < 1.29 is 33.9 Å². The molecule has 0 bridgehead atoms. The van der Waals surface area contributed by atoms with Gasteiger partial charge in [-0.1, -0.05) is 102 Å². The predicted molar refractivity (Wildman–Crippen MR) is 200 cm³/mol. The molecule has 0 spiro atoms. The number of amides is 6. The van der Waals surface area contributed by atoms with Crippen molar-refractivity contribution in [2.45, 2.75) is 109 Å². The van der Waals surface area contributed by atoms with E-state index < -0.39 is 81.9 Å². The van der Waals surface area contributed by atoms with Crippen LogP contribution in [0, 0.1) is 11.3 Å². The van der Waals surface area contributed by atoms with E-state index in [-0.39, 0.29) is 18.2 Å². The Morgan fingerprint density at radius 2 is 1.50 bits per heavy atom. The molecule has 1 fully saturated rings. The van der Waals surface area contributed by atoms with Gasteiger partial charge in [-0.15, -0.1) is 11.8 Å². The quantitative estimate of drug-likeness (QED) is 0.160. The van der Waals surface area contributed by atoms with Crippen molar-refractivity contribution in [2.24, 2.45) is 17.1 Å². The van der Waals surface area contributed by atoms with Crippen LogP contribution in [0.1, 0.15) is 79.0 Å². The minimum absolute atomic E-state index is 0.0435.